The maximum atomic E-state index is 12.3. The van der Waals surface area contributed by atoms with Crippen molar-refractivity contribution in [2.24, 2.45) is 0 Å². The summed E-state index contributed by atoms with van der Waals surface area (Å²) in [6.45, 7) is 4.11. The van der Waals surface area contributed by atoms with Gasteiger partial charge in [0.15, 0.2) is 0 Å². The molecule has 1 aromatic carbocycles. The van der Waals surface area contributed by atoms with Crippen molar-refractivity contribution < 1.29 is 9.53 Å². The minimum Gasteiger partial charge on any atom is -0.487 e. The first-order valence-corrected chi connectivity index (χ1v) is 8.00. The van der Waals surface area contributed by atoms with Crippen LogP contribution < -0.4 is 10.1 Å². The average Bonchev–Trinajstić information content (AvgIpc) is 2.53. The summed E-state index contributed by atoms with van der Waals surface area (Å²) in [6, 6.07) is 11.8. The Morgan fingerprint density at radius 3 is 2.91 bits per heavy atom. The van der Waals surface area contributed by atoms with E-state index in [0.29, 0.717) is 12.8 Å². The molecular weight excluding hydrogens is 288 g/mol. The number of nitrogens with zero attached hydrogens (tertiary/aromatic N) is 1. The second-order valence-corrected chi connectivity index (χ2v) is 6.59. The first-order valence-electron chi connectivity index (χ1n) is 8.00. The standard InChI is InChI=1S/C19H22N2O2/c1-19(2)12-16(15-7-3-4-8-17(15)23-19)21-18(22)10-9-14-6-5-11-20-13-14/h3-8,11,13,16H,9-10,12H2,1-2H3,(H,21,22)/t16-/m1/s1. The zero-order valence-corrected chi connectivity index (χ0v) is 13.6. The Morgan fingerprint density at radius 2 is 2.13 bits per heavy atom. The fraction of sp³-hybridized carbons (Fsp3) is 0.368. The highest BCUT2D eigenvalue weighted by atomic mass is 16.5. The highest BCUT2D eigenvalue weighted by molar-refractivity contribution is 5.77. The van der Waals surface area contributed by atoms with Gasteiger partial charge in [0.1, 0.15) is 11.4 Å². The summed E-state index contributed by atoms with van der Waals surface area (Å²) in [6.07, 6.45) is 5.48. The first-order chi connectivity index (χ1) is 11.0. The van der Waals surface area contributed by atoms with Crippen LogP contribution in [0, 0.1) is 0 Å². The van der Waals surface area contributed by atoms with E-state index in [-0.39, 0.29) is 17.6 Å². The van der Waals surface area contributed by atoms with Crippen LogP contribution in [0.3, 0.4) is 0 Å². The summed E-state index contributed by atoms with van der Waals surface area (Å²) in [7, 11) is 0. The van der Waals surface area contributed by atoms with Crippen LogP contribution in [0.15, 0.2) is 48.8 Å². The second kappa shape index (κ2) is 6.41. The Balaban J connectivity index is 1.66. The van der Waals surface area contributed by atoms with Crippen LogP contribution in [0.2, 0.25) is 0 Å². The predicted octanol–water partition coefficient (Wildman–Crippen LogP) is 3.43. The van der Waals surface area contributed by atoms with Crippen molar-refractivity contribution in [2.75, 3.05) is 0 Å². The molecule has 4 nitrogen and oxygen atoms in total. The van der Waals surface area contributed by atoms with Crippen LogP contribution in [-0.4, -0.2) is 16.5 Å². The molecule has 0 saturated heterocycles. The Hall–Kier alpha value is -2.36. The van der Waals surface area contributed by atoms with Gasteiger partial charge in [0.2, 0.25) is 5.91 Å². The molecule has 0 bridgehead atoms. The SMILES string of the molecule is CC1(C)C[C@@H](NC(=O)CCc2cccnc2)c2ccccc2O1. The third-order valence-electron chi connectivity index (χ3n) is 4.08. The predicted molar refractivity (Wildman–Crippen MR) is 89.2 cm³/mol. The van der Waals surface area contributed by atoms with Gasteiger partial charge in [-0.25, -0.2) is 0 Å². The number of ether oxygens (including phenoxy) is 1. The highest BCUT2D eigenvalue weighted by Crippen LogP contribution is 2.39. The quantitative estimate of drug-likeness (QED) is 0.941. The average molecular weight is 310 g/mol. The number of aryl methyl sites for hydroxylation is 1. The van der Waals surface area contributed by atoms with E-state index in [1.807, 2.05) is 36.4 Å². The molecule has 0 spiro atoms. The number of pyridine rings is 1. The molecule has 0 aliphatic carbocycles. The van der Waals surface area contributed by atoms with Crippen molar-refractivity contribution in [3.05, 3.63) is 59.9 Å². The molecule has 1 atom stereocenters. The van der Waals surface area contributed by atoms with Crippen LogP contribution in [0.25, 0.3) is 0 Å². The normalized spacial score (nSPS) is 18.6. The molecule has 2 aromatic rings. The van der Waals surface area contributed by atoms with Gasteiger partial charge in [0.05, 0.1) is 6.04 Å². The van der Waals surface area contributed by atoms with Crippen LogP contribution in [-0.2, 0) is 11.2 Å². The number of nitrogens with one attached hydrogen (secondary N) is 1. The van der Waals surface area contributed by atoms with E-state index in [2.05, 4.69) is 24.1 Å². The van der Waals surface area contributed by atoms with E-state index in [0.717, 1.165) is 23.3 Å². The molecule has 1 aliphatic rings. The lowest BCUT2D eigenvalue weighted by molar-refractivity contribution is -0.122. The van der Waals surface area contributed by atoms with Gasteiger partial charge >= 0.3 is 0 Å². The fourth-order valence-electron chi connectivity index (χ4n) is 3.00. The molecule has 1 aliphatic heterocycles. The number of carbonyl (C=O) groups excluding carboxylic acids is 1. The third-order valence-corrected chi connectivity index (χ3v) is 4.08. The van der Waals surface area contributed by atoms with Crippen molar-refractivity contribution in [3.63, 3.8) is 0 Å². The lowest BCUT2D eigenvalue weighted by Gasteiger charge is -2.37. The van der Waals surface area contributed by atoms with Crippen LogP contribution >= 0.6 is 0 Å². The minimum absolute atomic E-state index is 0.00338. The Bertz CT molecular complexity index is 683. The molecule has 0 unspecified atom stereocenters. The van der Waals surface area contributed by atoms with E-state index in [1.54, 1.807) is 12.4 Å². The molecule has 3 rings (SSSR count). The molecule has 0 radical (unpaired) electrons. The van der Waals surface area contributed by atoms with Crippen molar-refractivity contribution in [1.82, 2.24) is 10.3 Å². The van der Waals surface area contributed by atoms with Gasteiger partial charge in [-0.1, -0.05) is 24.3 Å². The topological polar surface area (TPSA) is 51.2 Å². The van der Waals surface area contributed by atoms with Gasteiger partial charge in [-0.05, 0) is 38.0 Å². The number of rotatable bonds is 4. The number of hydrogen-bond acceptors (Lipinski definition) is 3. The lowest BCUT2D eigenvalue weighted by Crippen LogP contribution is -2.41. The second-order valence-electron chi connectivity index (χ2n) is 6.59. The third kappa shape index (κ3) is 3.89. The van der Waals surface area contributed by atoms with Gasteiger partial charge in [-0.15, -0.1) is 0 Å². The van der Waals surface area contributed by atoms with Crippen LogP contribution in [0.4, 0.5) is 0 Å². The summed E-state index contributed by atoms with van der Waals surface area (Å²) in [5, 5.41) is 3.16. The lowest BCUT2D eigenvalue weighted by atomic mass is 9.89. The molecule has 1 aromatic heterocycles. The molecule has 4 heteroatoms. The summed E-state index contributed by atoms with van der Waals surface area (Å²) < 4.78 is 6.00. The summed E-state index contributed by atoms with van der Waals surface area (Å²) in [5.74, 6) is 0.924. The summed E-state index contributed by atoms with van der Waals surface area (Å²) in [4.78, 5) is 16.4. The van der Waals surface area contributed by atoms with E-state index < -0.39 is 0 Å². The van der Waals surface area contributed by atoms with Gasteiger partial charge in [0, 0.05) is 30.8 Å². The van der Waals surface area contributed by atoms with Crippen molar-refractivity contribution in [2.45, 2.75) is 44.8 Å². The zero-order chi connectivity index (χ0) is 16.3. The number of hydrogen-bond donors (Lipinski definition) is 1. The molecule has 1 amide bonds. The highest BCUT2D eigenvalue weighted by Gasteiger charge is 2.34. The number of amides is 1. The largest absolute Gasteiger partial charge is 0.487 e. The summed E-state index contributed by atoms with van der Waals surface area (Å²) in [5.41, 5.74) is 1.85. The maximum Gasteiger partial charge on any atom is 0.220 e. The van der Waals surface area contributed by atoms with Crippen molar-refractivity contribution in [1.29, 1.82) is 0 Å². The number of carbonyl (C=O) groups is 1. The maximum absolute atomic E-state index is 12.3. The van der Waals surface area contributed by atoms with Gasteiger partial charge in [-0.2, -0.15) is 0 Å². The molecular formula is C19H22N2O2. The van der Waals surface area contributed by atoms with E-state index in [1.165, 1.54) is 0 Å². The van der Waals surface area contributed by atoms with E-state index >= 15 is 0 Å². The van der Waals surface area contributed by atoms with Crippen LogP contribution in [0.5, 0.6) is 5.75 Å². The molecule has 23 heavy (non-hydrogen) atoms. The zero-order valence-electron chi connectivity index (χ0n) is 13.6. The van der Waals surface area contributed by atoms with Gasteiger partial charge in [-0.3, -0.25) is 9.78 Å². The van der Waals surface area contributed by atoms with E-state index in [4.69, 9.17) is 4.74 Å². The molecule has 0 saturated carbocycles. The Kier molecular flexibility index (Phi) is 4.33. The Morgan fingerprint density at radius 1 is 1.30 bits per heavy atom. The smallest absolute Gasteiger partial charge is 0.220 e. The monoisotopic (exact) mass is 310 g/mol. The fourth-order valence-corrected chi connectivity index (χ4v) is 3.00. The molecule has 120 valence electrons. The number of aromatic nitrogens is 1. The molecule has 1 N–H and O–H groups in total. The van der Waals surface area contributed by atoms with E-state index in [9.17, 15) is 4.79 Å². The summed E-state index contributed by atoms with van der Waals surface area (Å²) >= 11 is 0. The minimum atomic E-state index is -0.282. The van der Waals surface area contributed by atoms with Gasteiger partial charge in [0.25, 0.3) is 0 Å². The van der Waals surface area contributed by atoms with Crippen molar-refractivity contribution in [3.8, 4) is 5.75 Å². The Labute approximate surface area is 136 Å². The number of para-hydroxylation sites is 1. The molecule has 0 fully saturated rings. The van der Waals surface area contributed by atoms with Crippen molar-refractivity contribution >= 4 is 5.91 Å². The first kappa shape index (κ1) is 15.5. The van der Waals surface area contributed by atoms with Gasteiger partial charge < -0.3 is 10.1 Å². The number of benzene rings is 1. The van der Waals surface area contributed by atoms with Crippen LogP contribution in [0.1, 0.15) is 43.9 Å². The molecule has 2 heterocycles. The number of fused-ring (bicyclic) bond motifs is 1.